The third-order valence-corrected chi connectivity index (χ3v) is 5.11. The monoisotopic (exact) mass is 450 g/mol. The zero-order valence-electron chi connectivity index (χ0n) is 16.0. The van der Waals surface area contributed by atoms with Crippen LogP contribution in [0.5, 0.6) is 5.75 Å². The Morgan fingerprint density at radius 3 is 2.62 bits per heavy atom. The van der Waals surface area contributed by atoms with Crippen LogP contribution in [0, 0.1) is 6.92 Å². The van der Waals surface area contributed by atoms with Gasteiger partial charge in [0, 0.05) is 4.47 Å². The second kappa shape index (κ2) is 8.09. The number of imidazole rings is 1. The van der Waals surface area contributed by atoms with Gasteiger partial charge in [0.1, 0.15) is 18.2 Å². The van der Waals surface area contributed by atoms with Gasteiger partial charge in [-0.15, -0.1) is 0 Å². The number of nitrogens with one attached hydrogen (secondary N) is 1. The molecule has 6 heteroatoms. The molecular weight excluding hydrogens is 432 g/mol. The molecule has 0 aliphatic heterocycles. The van der Waals surface area contributed by atoms with Crippen molar-refractivity contribution in [2.24, 2.45) is 0 Å². The highest BCUT2D eigenvalue weighted by Gasteiger charge is 2.14. The molecule has 4 rings (SSSR count). The van der Waals surface area contributed by atoms with Crippen LogP contribution in [-0.2, 0) is 11.3 Å². The number of nitrogens with zero attached hydrogens (tertiary/aromatic N) is 1. The molecule has 3 aromatic carbocycles. The summed E-state index contributed by atoms with van der Waals surface area (Å²) in [6, 6.07) is 19.3. The van der Waals surface area contributed by atoms with Crippen LogP contribution in [0.15, 0.2) is 65.1 Å². The number of methoxy groups -OCH3 is 1. The molecule has 0 fully saturated rings. The number of rotatable bonds is 5. The number of benzene rings is 3. The summed E-state index contributed by atoms with van der Waals surface area (Å²) in [4.78, 5) is 19.7. The zero-order valence-corrected chi connectivity index (χ0v) is 17.6. The first-order chi connectivity index (χ1) is 14.0. The third-order valence-electron chi connectivity index (χ3n) is 4.61. The standard InChI is InChI=1S/C23H19BrN2O3/c1-14-3-5-15(6-4-14)13-29-21-10-8-17(24)12-18(21)22-25-19-9-7-16(23(27)28-2)11-20(19)26-22/h3-12H,13H2,1-2H3,(H,25,26). The molecule has 0 aliphatic rings. The highest BCUT2D eigenvalue weighted by Crippen LogP contribution is 2.33. The van der Waals surface area contributed by atoms with E-state index < -0.39 is 0 Å². The maximum absolute atomic E-state index is 11.8. The van der Waals surface area contributed by atoms with Crippen molar-refractivity contribution < 1.29 is 14.3 Å². The van der Waals surface area contributed by atoms with Crippen LogP contribution in [0.1, 0.15) is 21.5 Å². The fraction of sp³-hybridized carbons (Fsp3) is 0.130. The molecule has 0 spiro atoms. The van der Waals surface area contributed by atoms with Gasteiger partial charge in [-0.25, -0.2) is 9.78 Å². The molecule has 0 bridgehead atoms. The van der Waals surface area contributed by atoms with E-state index in [1.54, 1.807) is 18.2 Å². The van der Waals surface area contributed by atoms with E-state index in [1.807, 2.05) is 18.2 Å². The van der Waals surface area contributed by atoms with Crippen molar-refractivity contribution in [2.75, 3.05) is 7.11 Å². The minimum atomic E-state index is -0.382. The average Bonchev–Trinajstić information content (AvgIpc) is 3.16. The summed E-state index contributed by atoms with van der Waals surface area (Å²) in [6.45, 7) is 2.52. The van der Waals surface area contributed by atoms with Gasteiger partial charge in [0.05, 0.1) is 29.3 Å². The molecule has 29 heavy (non-hydrogen) atoms. The molecule has 5 nitrogen and oxygen atoms in total. The minimum Gasteiger partial charge on any atom is -0.488 e. The smallest absolute Gasteiger partial charge is 0.337 e. The molecule has 0 amide bonds. The number of aryl methyl sites for hydroxylation is 1. The molecule has 4 aromatic rings. The van der Waals surface area contributed by atoms with Crippen LogP contribution in [0.4, 0.5) is 0 Å². The number of halogens is 1. The Bertz CT molecular complexity index is 1180. The lowest BCUT2D eigenvalue weighted by molar-refractivity contribution is 0.0601. The second-order valence-electron chi connectivity index (χ2n) is 6.72. The zero-order chi connectivity index (χ0) is 20.4. The summed E-state index contributed by atoms with van der Waals surface area (Å²) in [5.74, 6) is 1.01. The maximum atomic E-state index is 11.8. The Hall–Kier alpha value is -3.12. The normalized spacial score (nSPS) is 10.9. The Morgan fingerprint density at radius 1 is 1.07 bits per heavy atom. The third kappa shape index (κ3) is 4.17. The first-order valence-corrected chi connectivity index (χ1v) is 9.89. The quantitative estimate of drug-likeness (QED) is 0.398. The van der Waals surface area contributed by atoms with Crippen molar-refractivity contribution in [3.63, 3.8) is 0 Å². The number of esters is 1. The van der Waals surface area contributed by atoms with Gasteiger partial charge < -0.3 is 14.5 Å². The van der Waals surface area contributed by atoms with Crippen molar-refractivity contribution in [3.05, 3.63) is 81.8 Å². The molecule has 0 unspecified atom stereocenters. The summed E-state index contributed by atoms with van der Waals surface area (Å²) in [5.41, 5.74) is 5.13. The number of hydrogen-bond acceptors (Lipinski definition) is 4. The number of fused-ring (bicyclic) bond motifs is 1. The Morgan fingerprint density at radius 2 is 1.86 bits per heavy atom. The Labute approximate surface area is 176 Å². The molecule has 0 aliphatic carbocycles. The van der Waals surface area contributed by atoms with E-state index in [0.717, 1.165) is 32.4 Å². The number of H-pyrrole nitrogens is 1. The highest BCUT2D eigenvalue weighted by atomic mass is 79.9. The molecular formula is C23H19BrN2O3. The fourth-order valence-electron chi connectivity index (χ4n) is 3.04. The van der Waals surface area contributed by atoms with Crippen molar-refractivity contribution >= 4 is 32.9 Å². The van der Waals surface area contributed by atoms with Gasteiger partial charge in [-0.05, 0) is 48.9 Å². The highest BCUT2D eigenvalue weighted by molar-refractivity contribution is 9.10. The summed E-state index contributed by atoms with van der Waals surface area (Å²) in [5, 5.41) is 0. The summed E-state index contributed by atoms with van der Waals surface area (Å²) in [7, 11) is 1.37. The van der Waals surface area contributed by atoms with Crippen LogP contribution >= 0.6 is 15.9 Å². The molecule has 146 valence electrons. The largest absolute Gasteiger partial charge is 0.488 e. The van der Waals surface area contributed by atoms with Crippen LogP contribution in [-0.4, -0.2) is 23.0 Å². The van der Waals surface area contributed by atoms with E-state index in [2.05, 4.69) is 57.1 Å². The summed E-state index contributed by atoms with van der Waals surface area (Å²) in [6.07, 6.45) is 0. The molecule has 0 saturated carbocycles. The van der Waals surface area contributed by atoms with Gasteiger partial charge in [-0.1, -0.05) is 45.8 Å². The lowest BCUT2D eigenvalue weighted by Gasteiger charge is -2.11. The average molecular weight is 451 g/mol. The predicted molar refractivity (Wildman–Crippen MR) is 116 cm³/mol. The fourth-order valence-corrected chi connectivity index (χ4v) is 3.40. The Balaban J connectivity index is 1.67. The van der Waals surface area contributed by atoms with Crippen molar-refractivity contribution in [2.45, 2.75) is 13.5 Å². The van der Waals surface area contributed by atoms with E-state index in [0.29, 0.717) is 18.0 Å². The van der Waals surface area contributed by atoms with Gasteiger partial charge >= 0.3 is 5.97 Å². The minimum absolute atomic E-state index is 0.382. The number of hydrogen-bond donors (Lipinski definition) is 1. The first-order valence-electron chi connectivity index (χ1n) is 9.10. The topological polar surface area (TPSA) is 64.2 Å². The number of aromatic amines is 1. The molecule has 1 N–H and O–H groups in total. The van der Waals surface area contributed by atoms with Crippen molar-refractivity contribution in [3.8, 4) is 17.1 Å². The van der Waals surface area contributed by atoms with E-state index in [-0.39, 0.29) is 5.97 Å². The number of carbonyl (C=O) groups is 1. The van der Waals surface area contributed by atoms with E-state index in [9.17, 15) is 4.79 Å². The van der Waals surface area contributed by atoms with Gasteiger partial charge in [0.2, 0.25) is 0 Å². The summed E-state index contributed by atoms with van der Waals surface area (Å²) >= 11 is 3.52. The van der Waals surface area contributed by atoms with Crippen LogP contribution < -0.4 is 4.74 Å². The van der Waals surface area contributed by atoms with Gasteiger partial charge in [0.25, 0.3) is 0 Å². The van der Waals surface area contributed by atoms with E-state index in [4.69, 9.17) is 9.47 Å². The number of carbonyl (C=O) groups excluding carboxylic acids is 1. The lowest BCUT2D eigenvalue weighted by atomic mass is 10.1. The van der Waals surface area contributed by atoms with E-state index >= 15 is 0 Å². The van der Waals surface area contributed by atoms with Crippen LogP contribution in [0.2, 0.25) is 0 Å². The van der Waals surface area contributed by atoms with Crippen LogP contribution in [0.25, 0.3) is 22.4 Å². The Kier molecular flexibility index (Phi) is 5.36. The first kappa shape index (κ1) is 19.2. The maximum Gasteiger partial charge on any atom is 0.337 e. The van der Waals surface area contributed by atoms with Crippen molar-refractivity contribution in [1.29, 1.82) is 0 Å². The van der Waals surface area contributed by atoms with Gasteiger partial charge in [0.15, 0.2) is 0 Å². The molecule has 1 aromatic heterocycles. The molecule has 0 saturated heterocycles. The molecule has 1 heterocycles. The lowest BCUT2D eigenvalue weighted by Crippen LogP contribution is -2.00. The predicted octanol–water partition coefficient (Wildman–Crippen LogP) is 5.67. The summed E-state index contributed by atoms with van der Waals surface area (Å²) < 4.78 is 11.8. The van der Waals surface area contributed by atoms with Gasteiger partial charge in [-0.3, -0.25) is 0 Å². The molecule has 0 atom stereocenters. The SMILES string of the molecule is COC(=O)c1ccc2nc(-c3cc(Br)ccc3OCc3ccc(C)cc3)[nH]c2c1. The number of ether oxygens (including phenoxy) is 2. The van der Waals surface area contributed by atoms with Crippen LogP contribution in [0.3, 0.4) is 0 Å². The van der Waals surface area contributed by atoms with E-state index in [1.165, 1.54) is 12.7 Å². The second-order valence-corrected chi connectivity index (χ2v) is 7.64. The molecule has 0 radical (unpaired) electrons. The number of aromatic nitrogens is 2. The van der Waals surface area contributed by atoms with Crippen molar-refractivity contribution in [1.82, 2.24) is 9.97 Å². The van der Waals surface area contributed by atoms with Gasteiger partial charge in [-0.2, -0.15) is 0 Å².